The highest BCUT2D eigenvalue weighted by Crippen LogP contribution is 2.21. The summed E-state index contributed by atoms with van der Waals surface area (Å²) in [4.78, 5) is 26.6. The molecular formula is C21H21N3O2. The molecule has 1 saturated heterocycles. The van der Waals surface area contributed by atoms with Gasteiger partial charge in [0.2, 0.25) is 5.91 Å². The molecule has 3 rings (SSSR count). The van der Waals surface area contributed by atoms with Crippen molar-refractivity contribution < 1.29 is 9.59 Å². The summed E-state index contributed by atoms with van der Waals surface area (Å²) < 4.78 is 0. The van der Waals surface area contributed by atoms with Crippen molar-refractivity contribution in [3.8, 4) is 6.07 Å². The summed E-state index contributed by atoms with van der Waals surface area (Å²) in [5.41, 5.74) is 2.16. The normalized spacial score (nSPS) is 16.1. The number of benzene rings is 2. The molecule has 0 spiro atoms. The van der Waals surface area contributed by atoms with Gasteiger partial charge >= 0.3 is 0 Å². The van der Waals surface area contributed by atoms with E-state index in [1.807, 2.05) is 29.2 Å². The number of nitrogens with one attached hydrogen (secondary N) is 1. The third kappa shape index (κ3) is 4.28. The maximum Gasteiger partial charge on any atom is 0.251 e. The molecule has 5 heteroatoms. The van der Waals surface area contributed by atoms with E-state index in [2.05, 4.69) is 17.4 Å². The van der Waals surface area contributed by atoms with Crippen molar-refractivity contribution in [1.29, 1.82) is 5.26 Å². The van der Waals surface area contributed by atoms with Crippen LogP contribution in [0.5, 0.6) is 0 Å². The number of carbonyl (C=O) groups excluding carboxylic acids is 2. The largest absolute Gasteiger partial charge is 0.343 e. The van der Waals surface area contributed by atoms with Gasteiger partial charge in [-0.05, 0) is 49.1 Å². The van der Waals surface area contributed by atoms with Crippen molar-refractivity contribution in [3.05, 3.63) is 71.3 Å². The van der Waals surface area contributed by atoms with Crippen LogP contribution in [0.3, 0.4) is 0 Å². The highest BCUT2D eigenvalue weighted by atomic mass is 16.2. The van der Waals surface area contributed by atoms with Crippen molar-refractivity contribution in [3.63, 3.8) is 0 Å². The number of nitriles is 1. The van der Waals surface area contributed by atoms with Gasteiger partial charge in [0.1, 0.15) is 0 Å². The zero-order chi connectivity index (χ0) is 18.4. The van der Waals surface area contributed by atoms with Crippen molar-refractivity contribution >= 4 is 11.8 Å². The molecule has 1 aliphatic heterocycles. The van der Waals surface area contributed by atoms with Crippen molar-refractivity contribution in [2.24, 2.45) is 0 Å². The van der Waals surface area contributed by atoms with E-state index < -0.39 is 0 Å². The number of hydrogen-bond donors (Lipinski definition) is 1. The summed E-state index contributed by atoms with van der Waals surface area (Å²) in [6, 6.07) is 18.7. The summed E-state index contributed by atoms with van der Waals surface area (Å²) in [6.07, 6.45) is 2.83. The molecular weight excluding hydrogens is 326 g/mol. The van der Waals surface area contributed by atoms with Gasteiger partial charge in [-0.2, -0.15) is 5.26 Å². The molecule has 2 aromatic carbocycles. The lowest BCUT2D eigenvalue weighted by atomic mass is 10.0. The van der Waals surface area contributed by atoms with Gasteiger partial charge in [-0.3, -0.25) is 9.59 Å². The van der Waals surface area contributed by atoms with Gasteiger partial charge in [-0.25, -0.2) is 0 Å². The Morgan fingerprint density at radius 2 is 1.85 bits per heavy atom. The molecule has 2 amide bonds. The molecule has 0 bridgehead atoms. The van der Waals surface area contributed by atoms with Crippen LogP contribution in [0.25, 0.3) is 0 Å². The Hall–Kier alpha value is -3.13. The molecule has 1 atom stereocenters. The second-order valence-corrected chi connectivity index (χ2v) is 6.44. The fourth-order valence-electron chi connectivity index (χ4n) is 3.32. The van der Waals surface area contributed by atoms with E-state index in [-0.39, 0.29) is 24.4 Å². The minimum Gasteiger partial charge on any atom is -0.343 e. The van der Waals surface area contributed by atoms with E-state index in [1.165, 1.54) is 5.56 Å². The van der Waals surface area contributed by atoms with Crippen LogP contribution in [0.4, 0.5) is 0 Å². The van der Waals surface area contributed by atoms with E-state index in [1.54, 1.807) is 24.3 Å². The average Bonchev–Trinajstić information content (AvgIpc) is 3.15. The molecule has 2 aromatic rings. The fourth-order valence-corrected chi connectivity index (χ4v) is 3.32. The van der Waals surface area contributed by atoms with Crippen molar-refractivity contribution in [2.75, 3.05) is 13.1 Å². The monoisotopic (exact) mass is 347 g/mol. The van der Waals surface area contributed by atoms with Crippen LogP contribution in [-0.4, -0.2) is 35.8 Å². The maximum absolute atomic E-state index is 12.6. The van der Waals surface area contributed by atoms with Crippen LogP contribution >= 0.6 is 0 Å². The van der Waals surface area contributed by atoms with Gasteiger partial charge in [-0.1, -0.05) is 30.3 Å². The predicted octanol–water partition coefficient (Wildman–Crippen LogP) is 2.52. The molecule has 0 saturated carbocycles. The van der Waals surface area contributed by atoms with Crippen LogP contribution < -0.4 is 5.32 Å². The van der Waals surface area contributed by atoms with E-state index in [9.17, 15) is 9.59 Å². The molecule has 5 nitrogen and oxygen atoms in total. The Balaban J connectivity index is 1.55. The number of carbonyl (C=O) groups is 2. The molecule has 1 fully saturated rings. The molecule has 1 N–H and O–H groups in total. The van der Waals surface area contributed by atoms with Crippen LogP contribution in [0.15, 0.2) is 54.6 Å². The standard InChI is InChI=1S/C21H21N3O2/c22-14-17-8-10-18(11-9-17)21(26)23-15-20(25)24-12-4-7-19(24)13-16-5-2-1-3-6-16/h1-3,5-6,8-11,19H,4,7,12-13,15H2,(H,23,26)/t19-/m0/s1. The number of likely N-dealkylation sites (tertiary alicyclic amines) is 1. The first-order valence-electron chi connectivity index (χ1n) is 8.79. The minimum atomic E-state index is -0.304. The number of amides is 2. The molecule has 26 heavy (non-hydrogen) atoms. The van der Waals surface area contributed by atoms with Crippen LogP contribution in [0, 0.1) is 11.3 Å². The van der Waals surface area contributed by atoms with Gasteiger partial charge in [0.05, 0.1) is 18.2 Å². The molecule has 0 radical (unpaired) electrons. The van der Waals surface area contributed by atoms with Crippen LogP contribution in [0.2, 0.25) is 0 Å². The SMILES string of the molecule is N#Cc1ccc(C(=O)NCC(=O)N2CCC[C@H]2Cc2ccccc2)cc1. The van der Waals surface area contributed by atoms with E-state index in [0.29, 0.717) is 11.1 Å². The maximum atomic E-state index is 12.6. The van der Waals surface area contributed by atoms with Crippen LogP contribution in [-0.2, 0) is 11.2 Å². The van der Waals surface area contributed by atoms with E-state index in [0.717, 1.165) is 25.8 Å². The lowest BCUT2D eigenvalue weighted by Gasteiger charge is -2.25. The van der Waals surface area contributed by atoms with Gasteiger partial charge in [0, 0.05) is 18.2 Å². The number of rotatable bonds is 5. The zero-order valence-electron chi connectivity index (χ0n) is 14.5. The highest BCUT2D eigenvalue weighted by Gasteiger charge is 2.28. The third-order valence-corrected chi connectivity index (χ3v) is 4.69. The van der Waals surface area contributed by atoms with Gasteiger partial charge < -0.3 is 10.2 Å². The molecule has 132 valence electrons. The van der Waals surface area contributed by atoms with Crippen LogP contribution in [0.1, 0.15) is 34.3 Å². The van der Waals surface area contributed by atoms with E-state index >= 15 is 0 Å². The highest BCUT2D eigenvalue weighted by molar-refractivity contribution is 5.96. The molecule has 1 aliphatic rings. The molecule has 0 unspecified atom stereocenters. The topological polar surface area (TPSA) is 73.2 Å². The quantitative estimate of drug-likeness (QED) is 0.903. The lowest BCUT2D eigenvalue weighted by Crippen LogP contribution is -2.43. The Kier molecular flexibility index (Phi) is 5.65. The summed E-state index contributed by atoms with van der Waals surface area (Å²) in [6.45, 7) is 0.729. The Labute approximate surface area is 153 Å². The number of nitrogens with zero attached hydrogens (tertiary/aromatic N) is 2. The molecule has 0 aliphatic carbocycles. The molecule has 1 heterocycles. The second kappa shape index (κ2) is 8.30. The summed E-state index contributed by atoms with van der Waals surface area (Å²) >= 11 is 0. The summed E-state index contributed by atoms with van der Waals surface area (Å²) in [7, 11) is 0. The minimum absolute atomic E-state index is 0.00980. The Morgan fingerprint density at radius 1 is 1.12 bits per heavy atom. The second-order valence-electron chi connectivity index (χ2n) is 6.44. The molecule has 0 aromatic heterocycles. The van der Waals surface area contributed by atoms with Gasteiger partial charge in [-0.15, -0.1) is 0 Å². The van der Waals surface area contributed by atoms with Gasteiger partial charge in [0.15, 0.2) is 0 Å². The summed E-state index contributed by atoms with van der Waals surface area (Å²) in [5, 5.41) is 11.5. The summed E-state index contributed by atoms with van der Waals surface area (Å²) in [5.74, 6) is -0.355. The predicted molar refractivity (Wildman–Crippen MR) is 98.4 cm³/mol. The number of hydrogen-bond acceptors (Lipinski definition) is 3. The fraction of sp³-hybridized carbons (Fsp3) is 0.286. The van der Waals surface area contributed by atoms with Crippen molar-refractivity contribution in [1.82, 2.24) is 10.2 Å². The third-order valence-electron chi connectivity index (χ3n) is 4.69. The Morgan fingerprint density at radius 3 is 2.54 bits per heavy atom. The lowest BCUT2D eigenvalue weighted by molar-refractivity contribution is -0.130. The first-order valence-corrected chi connectivity index (χ1v) is 8.79. The van der Waals surface area contributed by atoms with E-state index in [4.69, 9.17) is 5.26 Å². The van der Waals surface area contributed by atoms with Crippen molar-refractivity contribution in [2.45, 2.75) is 25.3 Å². The smallest absolute Gasteiger partial charge is 0.251 e. The average molecular weight is 347 g/mol. The zero-order valence-corrected chi connectivity index (χ0v) is 14.5. The first-order chi connectivity index (χ1) is 12.7. The first kappa shape index (κ1) is 17.7. The Bertz CT molecular complexity index is 809. The van der Waals surface area contributed by atoms with Gasteiger partial charge in [0.25, 0.3) is 5.91 Å².